The Bertz CT molecular complexity index is 1450. The molecule has 8 nitrogen and oxygen atoms in total. The number of amides is 2. The maximum Gasteiger partial charge on any atom is 0.298 e. The summed E-state index contributed by atoms with van der Waals surface area (Å²) >= 11 is 0.734. The molecule has 174 valence electrons. The van der Waals surface area contributed by atoms with Gasteiger partial charge in [-0.2, -0.15) is 19.8 Å². The van der Waals surface area contributed by atoms with Gasteiger partial charge in [-0.3, -0.25) is 9.59 Å². The Morgan fingerprint density at radius 2 is 1.64 bits per heavy atom. The molecule has 0 spiro atoms. The van der Waals surface area contributed by atoms with Gasteiger partial charge in [0.25, 0.3) is 22.0 Å². The highest BCUT2D eigenvalue weighted by atomic mass is 32.2. The summed E-state index contributed by atoms with van der Waals surface area (Å²) in [5, 5.41) is 8.35. The van der Waals surface area contributed by atoms with Gasteiger partial charge in [0, 0.05) is 10.8 Å². The van der Waals surface area contributed by atoms with Gasteiger partial charge in [0.15, 0.2) is 23.3 Å². The lowest BCUT2D eigenvalue weighted by molar-refractivity contribution is 0.0963. The van der Waals surface area contributed by atoms with Crippen LogP contribution in [0.5, 0.6) is 5.75 Å². The van der Waals surface area contributed by atoms with E-state index in [-0.39, 0.29) is 5.75 Å². The predicted molar refractivity (Wildman–Crippen MR) is 111 cm³/mol. The highest BCUT2D eigenvalue weighted by Crippen LogP contribution is 2.36. The number of anilines is 1. The molecular formula is C19H13F4N3O5S2. The maximum atomic E-state index is 14.8. The van der Waals surface area contributed by atoms with Gasteiger partial charge >= 0.3 is 0 Å². The Morgan fingerprint density at radius 1 is 1.03 bits per heavy atom. The van der Waals surface area contributed by atoms with E-state index in [0.29, 0.717) is 0 Å². The Morgan fingerprint density at radius 3 is 2.21 bits per heavy atom. The zero-order chi connectivity index (χ0) is 27.0. The smallest absolute Gasteiger partial charge is 0.298 e. The fourth-order valence-corrected chi connectivity index (χ4v) is 3.90. The van der Waals surface area contributed by atoms with E-state index in [2.05, 4.69) is 4.74 Å². The first-order chi connectivity index (χ1) is 16.6. The number of ether oxygens (including phenoxy) is 1. The lowest BCUT2D eigenvalue weighted by Gasteiger charge is -2.14. The predicted octanol–water partition coefficient (Wildman–Crippen LogP) is 3.17. The van der Waals surface area contributed by atoms with E-state index >= 15 is 0 Å². The molecule has 0 saturated carbocycles. The Balaban J connectivity index is 1.99. The molecule has 0 unspecified atom stereocenters. The highest BCUT2D eigenvalue weighted by Gasteiger charge is 2.29. The molecule has 0 atom stereocenters. The van der Waals surface area contributed by atoms with Gasteiger partial charge in [-0.25, -0.2) is 27.4 Å². The lowest BCUT2D eigenvalue weighted by atomic mass is 10.0. The number of carbonyl (C=O) groups is 2. The van der Waals surface area contributed by atoms with Crippen molar-refractivity contribution in [3.05, 3.63) is 69.4 Å². The third-order valence-corrected chi connectivity index (χ3v) is 5.34. The lowest BCUT2D eigenvalue weighted by Crippen LogP contribution is -2.36. The molecule has 0 aliphatic rings. The minimum atomic E-state index is -4.51. The summed E-state index contributed by atoms with van der Waals surface area (Å²) in [6.45, 7) is 0. The van der Waals surface area contributed by atoms with E-state index in [4.69, 9.17) is 9.25 Å². The van der Waals surface area contributed by atoms with Gasteiger partial charge in [0.05, 0.1) is 27.8 Å². The standard InChI is InChI=1S/C19H13F4N3O5S2/c1-31-9-4-2-3-8(5-9)12-13(20)15(22)17(16(23)14(12)21)25-18(27)10-6-32-7-11(10)19(28)26-33(24,29)30/h2-7H,1H3,(H,25,27)(H,26,28)(H2,24,29,30)/i1D3. The molecular weight excluding hydrogens is 490 g/mol. The van der Waals surface area contributed by atoms with Crippen LogP contribution < -0.4 is 19.9 Å². The average Bonchev–Trinajstić information content (AvgIpc) is 3.24. The van der Waals surface area contributed by atoms with E-state index in [1.807, 2.05) is 0 Å². The van der Waals surface area contributed by atoms with Gasteiger partial charge in [0.2, 0.25) is 0 Å². The van der Waals surface area contributed by atoms with Crippen LogP contribution in [0.1, 0.15) is 24.8 Å². The number of benzene rings is 2. The molecule has 0 aliphatic heterocycles. The van der Waals surface area contributed by atoms with Crippen LogP contribution in [-0.2, 0) is 10.2 Å². The first-order valence-electron chi connectivity index (χ1n) is 9.97. The second kappa shape index (κ2) is 9.17. The van der Waals surface area contributed by atoms with Crippen molar-refractivity contribution in [3.63, 3.8) is 0 Å². The van der Waals surface area contributed by atoms with Crippen LogP contribution in [0.25, 0.3) is 11.1 Å². The Kier molecular flexibility index (Phi) is 5.60. The molecule has 1 heterocycles. The maximum absolute atomic E-state index is 14.8. The van der Waals surface area contributed by atoms with Gasteiger partial charge in [-0.15, -0.1) is 0 Å². The summed E-state index contributed by atoms with van der Waals surface area (Å²) in [6.07, 6.45) is 0. The van der Waals surface area contributed by atoms with Gasteiger partial charge in [-0.05, 0) is 17.7 Å². The number of carbonyl (C=O) groups excluding carboxylic acids is 2. The highest BCUT2D eigenvalue weighted by molar-refractivity contribution is 7.87. The topological polar surface area (TPSA) is 128 Å². The number of nitrogens with one attached hydrogen (secondary N) is 2. The van der Waals surface area contributed by atoms with Crippen molar-refractivity contribution in [1.29, 1.82) is 0 Å². The normalized spacial score (nSPS) is 12.9. The van der Waals surface area contributed by atoms with Crippen molar-refractivity contribution in [2.75, 3.05) is 12.4 Å². The van der Waals surface area contributed by atoms with E-state index in [0.717, 1.165) is 46.4 Å². The van der Waals surface area contributed by atoms with Crippen LogP contribution in [0.3, 0.4) is 0 Å². The minimum absolute atomic E-state index is 0.368. The fraction of sp³-hybridized carbons (Fsp3) is 0.0526. The zero-order valence-electron chi connectivity index (χ0n) is 18.9. The molecule has 4 N–H and O–H groups in total. The van der Waals surface area contributed by atoms with Crippen molar-refractivity contribution in [2.45, 2.75) is 0 Å². The zero-order valence-corrected chi connectivity index (χ0v) is 17.5. The quantitative estimate of drug-likeness (QED) is 0.350. The van der Waals surface area contributed by atoms with Crippen molar-refractivity contribution in [3.8, 4) is 16.9 Å². The minimum Gasteiger partial charge on any atom is -0.497 e. The van der Waals surface area contributed by atoms with Gasteiger partial charge in [0.1, 0.15) is 11.4 Å². The monoisotopic (exact) mass is 506 g/mol. The average molecular weight is 506 g/mol. The molecule has 3 rings (SSSR count). The van der Waals surface area contributed by atoms with Crippen LogP contribution in [0.2, 0.25) is 0 Å². The molecule has 14 heteroatoms. The molecule has 1 aromatic heterocycles. The van der Waals surface area contributed by atoms with E-state index in [1.165, 1.54) is 4.72 Å². The second-order valence-corrected chi connectivity index (χ2v) is 8.30. The van der Waals surface area contributed by atoms with Crippen molar-refractivity contribution >= 4 is 39.0 Å². The van der Waals surface area contributed by atoms with Crippen molar-refractivity contribution in [1.82, 2.24) is 4.72 Å². The molecule has 0 radical (unpaired) electrons. The van der Waals surface area contributed by atoms with Crippen molar-refractivity contribution in [2.24, 2.45) is 5.14 Å². The van der Waals surface area contributed by atoms with Crippen LogP contribution >= 0.6 is 11.3 Å². The summed E-state index contributed by atoms with van der Waals surface area (Å²) < 4.78 is 108. The Hall–Kier alpha value is -3.49. The van der Waals surface area contributed by atoms with E-state index < -0.39 is 80.3 Å². The molecule has 0 saturated heterocycles. The van der Waals surface area contributed by atoms with Crippen LogP contribution in [0.4, 0.5) is 23.2 Å². The van der Waals surface area contributed by atoms with Crippen LogP contribution in [0, 0.1) is 23.3 Å². The van der Waals surface area contributed by atoms with E-state index in [9.17, 15) is 35.6 Å². The van der Waals surface area contributed by atoms with Crippen LogP contribution in [0.15, 0.2) is 35.0 Å². The first-order valence-corrected chi connectivity index (χ1v) is 11.0. The summed E-state index contributed by atoms with van der Waals surface area (Å²) in [6, 6.07) is 4.14. The summed E-state index contributed by atoms with van der Waals surface area (Å²) in [5.74, 6) is -11.0. The molecule has 0 fully saturated rings. The second-order valence-electron chi connectivity index (χ2n) is 6.27. The van der Waals surface area contributed by atoms with Crippen LogP contribution in [-0.4, -0.2) is 27.3 Å². The fourth-order valence-electron chi connectivity index (χ4n) is 2.72. The number of thiophene rings is 1. The number of hydrogen-bond acceptors (Lipinski definition) is 6. The third kappa shape index (κ3) is 4.97. The third-order valence-electron chi connectivity index (χ3n) is 4.13. The molecule has 2 amide bonds. The number of methoxy groups -OCH3 is 1. The number of halogens is 4. The number of hydrogen-bond donors (Lipinski definition) is 3. The summed E-state index contributed by atoms with van der Waals surface area (Å²) in [4.78, 5) is 24.5. The molecule has 3 aromatic rings. The summed E-state index contributed by atoms with van der Waals surface area (Å²) in [7, 11) is -7.42. The van der Waals surface area contributed by atoms with E-state index in [1.54, 1.807) is 5.32 Å². The van der Waals surface area contributed by atoms with Gasteiger partial charge < -0.3 is 10.1 Å². The van der Waals surface area contributed by atoms with Gasteiger partial charge in [-0.1, -0.05) is 12.1 Å². The molecule has 0 bridgehead atoms. The molecule has 0 aliphatic carbocycles. The van der Waals surface area contributed by atoms with Crippen molar-refractivity contribution < 1.29 is 44.4 Å². The largest absolute Gasteiger partial charge is 0.497 e. The SMILES string of the molecule is [2H]C([2H])([2H])Oc1cccc(-c2c(F)c(F)c(NC(=O)c3cscc3C(=O)NS(N)(=O)=O)c(F)c2F)c1. The Labute approximate surface area is 192 Å². The molecule has 33 heavy (non-hydrogen) atoms. The first kappa shape index (κ1) is 20.1. The summed E-state index contributed by atoms with van der Waals surface area (Å²) in [5.41, 5.74) is -4.32. The number of nitrogens with two attached hydrogens (primary N) is 1. The number of rotatable bonds is 6. The molecule has 2 aromatic carbocycles.